The van der Waals surface area contributed by atoms with Crippen molar-refractivity contribution in [2.24, 2.45) is 0 Å². The smallest absolute Gasteiger partial charge is 0.267 e. The molecule has 1 aliphatic heterocycles. The molecule has 1 heterocycles. The van der Waals surface area contributed by atoms with Gasteiger partial charge >= 0.3 is 0 Å². The second-order valence-corrected chi connectivity index (χ2v) is 5.54. The topological polar surface area (TPSA) is 49.4 Å². The summed E-state index contributed by atoms with van der Waals surface area (Å²) in [5.74, 6) is -0.887. The number of benzene rings is 2. The summed E-state index contributed by atoms with van der Waals surface area (Å²) in [4.78, 5) is 24.4. The highest BCUT2D eigenvalue weighted by Gasteiger charge is 2.34. The molecule has 1 fully saturated rings. The first kappa shape index (κ1) is 14.6. The van der Waals surface area contributed by atoms with Crippen LogP contribution in [0.15, 0.2) is 54.1 Å². The van der Waals surface area contributed by atoms with Crippen LogP contribution in [0, 0.1) is 0 Å². The predicted molar refractivity (Wildman–Crippen MR) is 86.5 cm³/mol. The average Bonchev–Trinajstić information content (AvgIpc) is 2.77. The lowest BCUT2D eigenvalue weighted by molar-refractivity contribution is -0.117. The Morgan fingerprint density at radius 1 is 0.955 bits per heavy atom. The van der Waals surface area contributed by atoms with Gasteiger partial charge in [-0.2, -0.15) is 0 Å². The van der Waals surface area contributed by atoms with Crippen molar-refractivity contribution in [1.82, 2.24) is 5.43 Å². The number of hydrogen-bond donors (Lipinski definition) is 1. The summed E-state index contributed by atoms with van der Waals surface area (Å²) in [5, 5.41) is 2.25. The molecule has 0 aromatic heterocycles. The van der Waals surface area contributed by atoms with Crippen LogP contribution in [0.2, 0.25) is 10.0 Å². The van der Waals surface area contributed by atoms with Gasteiger partial charge in [-0.15, -0.1) is 0 Å². The average molecular weight is 333 g/mol. The zero-order chi connectivity index (χ0) is 15.7. The van der Waals surface area contributed by atoms with Crippen molar-refractivity contribution in [3.05, 3.63) is 69.7 Å². The summed E-state index contributed by atoms with van der Waals surface area (Å²) >= 11 is 11.7. The van der Waals surface area contributed by atoms with E-state index in [4.69, 9.17) is 23.2 Å². The van der Waals surface area contributed by atoms with E-state index in [2.05, 4.69) is 5.43 Å². The van der Waals surface area contributed by atoms with Gasteiger partial charge in [-0.1, -0.05) is 41.4 Å². The van der Waals surface area contributed by atoms with E-state index in [0.717, 1.165) is 5.56 Å². The van der Waals surface area contributed by atoms with E-state index in [-0.39, 0.29) is 5.57 Å². The van der Waals surface area contributed by atoms with Gasteiger partial charge in [-0.05, 0) is 42.0 Å². The monoisotopic (exact) mass is 332 g/mol. The Morgan fingerprint density at radius 3 is 2.36 bits per heavy atom. The largest absolute Gasteiger partial charge is 0.282 e. The first-order valence-corrected chi connectivity index (χ1v) is 7.18. The minimum Gasteiger partial charge on any atom is -0.267 e. The van der Waals surface area contributed by atoms with Crippen molar-refractivity contribution in [3.8, 4) is 0 Å². The van der Waals surface area contributed by atoms with E-state index in [1.165, 1.54) is 11.1 Å². The van der Waals surface area contributed by atoms with Crippen molar-refractivity contribution in [2.75, 3.05) is 5.01 Å². The lowest BCUT2D eigenvalue weighted by Gasteiger charge is -2.14. The van der Waals surface area contributed by atoms with Gasteiger partial charge < -0.3 is 0 Å². The minimum absolute atomic E-state index is 0.0577. The quantitative estimate of drug-likeness (QED) is 0.676. The summed E-state index contributed by atoms with van der Waals surface area (Å²) in [6.45, 7) is 0. The number of carbonyl (C=O) groups excluding carboxylic acids is 2. The van der Waals surface area contributed by atoms with Gasteiger partial charge in [0, 0.05) is 10.0 Å². The molecule has 0 radical (unpaired) electrons. The maximum atomic E-state index is 12.4. The van der Waals surface area contributed by atoms with Crippen molar-refractivity contribution in [2.45, 2.75) is 0 Å². The predicted octanol–water partition coefficient (Wildman–Crippen LogP) is 3.45. The SMILES string of the molecule is O=C1NN(c2cccc(Cl)c2)C(=O)C1=Cc1ccc(Cl)cc1. The zero-order valence-corrected chi connectivity index (χ0v) is 12.7. The molecule has 0 unspecified atom stereocenters. The Bertz CT molecular complexity index is 785. The Hall–Kier alpha value is -2.30. The molecule has 0 aliphatic carbocycles. The van der Waals surface area contributed by atoms with Crippen molar-refractivity contribution < 1.29 is 9.59 Å². The summed E-state index contributed by atoms with van der Waals surface area (Å²) in [7, 11) is 0. The molecule has 0 bridgehead atoms. The van der Waals surface area contributed by atoms with Gasteiger partial charge in [0.25, 0.3) is 11.8 Å². The molecule has 2 amide bonds. The number of nitrogens with zero attached hydrogens (tertiary/aromatic N) is 1. The molecule has 2 aromatic carbocycles. The first-order valence-electron chi connectivity index (χ1n) is 6.43. The number of rotatable bonds is 2. The van der Waals surface area contributed by atoms with Gasteiger partial charge in [0.05, 0.1) is 5.69 Å². The highest BCUT2D eigenvalue weighted by Crippen LogP contribution is 2.24. The van der Waals surface area contributed by atoms with Crippen LogP contribution < -0.4 is 10.4 Å². The standard InChI is InChI=1S/C16H10Cl2N2O2/c17-11-6-4-10(5-7-11)8-14-15(21)19-20(16(14)22)13-3-1-2-12(18)9-13/h1-9H,(H,19,21). The van der Waals surface area contributed by atoms with Crippen molar-refractivity contribution in [1.29, 1.82) is 0 Å². The van der Waals surface area contributed by atoms with Crippen LogP contribution in [0.5, 0.6) is 0 Å². The third-order valence-corrected chi connectivity index (χ3v) is 3.63. The molecular formula is C16H10Cl2N2O2. The van der Waals surface area contributed by atoms with Crippen LogP contribution in [0.25, 0.3) is 6.08 Å². The molecule has 6 heteroatoms. The lowest BCUT2D eigenvalue weighted by Crippen LogP contribution is -2.35. The highest BCUT2D eigenvalue weighted by molar-refractivity contribution is 6.33. The normalized spacial score (nSPS) is 16.3. The number of anilines is 1. The Morgan fingerprint density at radius 2 is 1.68 bits per heavy atom. The number of carbonyl (C=O) groups is 2. The molecule has 3 rings (SSSR count). The maximum Gasteiger partial charge on any atom is 0.282 e. The number of nitrogens with one attached hydrogen (secondary N) is 1. The van der Waals surface area contributed by atoms with Gasteiger partial charge in [0.15, 0.2) is 0 Å². The van der Waals surface area contributed by atoms with Gasteiger partial charge in [-0.25, -0.2) is 5.01 Å². The Balaban J connectivity index is 1.93. The molecule has 1 N–H and O–H groups in total. The Labute approximate surface area is 136 Å². The summed E-state index contributed by atoms with van der Waals surface area (Å²) in [6.07, 6.45) is 1.53. The molecule has 1 saturated heterocycles. The lowest BCUT2D eigenvalue weighted by atomic mass is 10.1. The van der Waals surface area contributed by atoms with E-state index in [1.807, 2.05) is 0 Å². The fourth-order valence-electron chi connectivity index (χ4n) is 2.08. The van der Waals surface area contributed by atoms with Crippen molar-refractivity contribution in [3.63, 3.8) is 0 Å². The third-order valence-electron chi connectivity index (χ3n) is 3.14. The third kappa shape index (κ3) is 2.84. The number of hydrogen-bond acceptors (Lipinski definition) is 2. The molecule has 0 saturated carbocycles. The van der Waals surface area contributed by atoms with Gasteiger partial charge in [-0.3, -0.25) is 15.0 Å². The summed E-state index contributed by atoms with van der Waals surface area (Å²) in [6, 6.07) is 13.5. The van der Waals surface area contributed by atoms with Crippen LogP contribution in [-0.4, -0.2) is 11.8 Å². The van der Waals surface area contributed by atoms with Gasteiger partial charge in [0.2, 0.25) is 0 Å². The molecule has 1 aliphatic rings. The second kappa shape index (κ2) is 5.83. The highest BCUT2D eigenvalue weighted by atomic mass is 35.5. The zero-order valence-electron chi connectivity index (χ0n) is 11.2. The minimum atomic E-state index is -0.458. The molecule has 4 nitrogen and oxygen atoms in total. The van der Waals surface area contributed by atoms with Crippen LogP contribution in [0.3, 0.4) is 0 Å². The fraction of sp³-hybridized carbons (Fsp3) is 0. The fourth-order valence-corrected chi connectivity index (χ4v) is 2.39. The molecule has 22 heavy (non-hydrogen) atoms. The Kier molecular flexibility index (Phi) is 3.88. The van der Waals surface area contributed by atoms with Gasteiger partial charge in [0.1, 0.15) is 5.57 Å². The summed E-state index contributed by atoms with van der Waals surface area (Å²) in [5.41, 5.74) is 3.80. The number of hydrazine groups is 1. The molecular weight excluding hydrogens is 323 g/mol. The maximum absolute atomic E-state index is 12.4. The van der Waals surface area contributed by atoms with Crippen LogP contribution >= 0.6 is 23.2 Å². The van der Waals surface area contributed by atoms with E-state index >= 15 is 0 Å². The molecule has 0 atom stereocenters. The molecule has 2 aromatic rings. The van der Waals surface area contributed by atoms with E-state index in [9.17, 15) is 9.59 Å². The van der Waals surface area contributed by atoms with E-state index in [1.54, 1.807) is 48.5 Å². The van der Waals surface area contributed by atoms with Crippen LogP contribution in [0.4, 0.5) is 5.69 Å². The molecule has 110 valence electrons. The van der Waals surface area contributed by atoms with E-state index < -0.39 is 11.8 Å². The number of halogens is 2. The van der Waals surface area contributed by atoms with Crippen LogP contribution in [-0.2, 0) is 9.59 Å². The number of amides is 2. The molecule has 0 spiro atoms. The van der Waals surface area contributed by atoms with Crippen molar-refractivity contribution >= 4 is 46.8 Å². The second-order valence-electron chi connectivity index (χ2n) is 4.67. The first-order chi connectivity index (χ1) is 10.5. The summed E-state index contributed by atoms with van der Waals surface area (Å²) < 4.78 is 0. The van der Waals surface area contributed by atoms with E-state index in [0.29, 0.717) is 15.7 Å². The van der Waals surface area contributed by atoms with Crippen LogP contribution in [0.1, 0.15) is 5.56 Å².